The molecule has 0 saturated carbocycles. The number of carbonyl (C=O) groups is 1. The molecule has 0 saturated heterocycles. The average Bonchev–Trinajstić information content (AvgIpc) is 2.90. The Labute approximate surface area is 112 Å². The smallest absolute Gasteiger partial charge is 0.410 e. The van der Waals surface area contributed by atoms with Crippen molar-refractivity contribution in [2.75, 3.05) is 0 Å². The summed E-state index contributed by atoms with van der Waals surface area (Å²) in [7, 11) is 0. The minimum Gasteiger partial charge on any atom is -0.410 e. The Morgan fingerprint density at radius 2 is 2.05 bits per heavy atom. The second-order valence-electron chi connectivity index (χ2n) is 3.57. The Balaban J connectivity index is 1.86. The predicted molar refractivity (Wildman–Crippen MR) is 70.3 cm³/mol. The Morgan fingerprint density at radius 1 is 1.32 bits per heavy atom. The number of hydrogen-bond donors (Lipinski definition) is 1. The zero-order valence-corrected chi connectivity index (χ0v) is 10.6. The normalized spacial score (nSPS) is 9.89. The van der Waals surface area contributed by atoms with E-state index in [2.05, 4.69) is 5.32 Å². The summed E-state index contributed by atoms with van der Waals surface area (Å²) in [6, 6.07) is 9.11. The van der Waals surface area contributed by atoms with E-state index in [1.54, 1.807) is 0 Å². The van der Waals surface area contributed by atoms with Gasteiger partial charge in [0.25, 0.3) is 5.69 Å². The summed E-state index contributed by atoms with van der Waals surface area (Å²) in [6.45, 7) is 0.392. The minimum absolute atomic E-state index is 0.0497. The van der Waals surface area contributed by atoms with E-state index in [-0.39, 0.29) is 11.4 Å². The van der Waals surface area contributed by atoms with Crippen molar-refractivity contribution in [3.05, 3.63) is 56.8 Å². The van der Waals surface area contributed by atoms with E-state index >= 15 is 0 Å². The first-order valence-electron chi connectivity index (χ1n) is 5.37. The number of benzene rings is 1. The Bertz CT molecular complexity index is 566. The molecule has 1 amide bonds. The van der Waals surface area contributed by atoms with Crippen LogP contribution in [0.25, 0.3) is 0 Å². The fraction of sp³-hybridized carbons (Fsp3) is 0.0833. The predicted octanol–water partition coefficient (Wildman–Crippen LogP) is 2.94. The topological polar surface area (TPSA) is 81.5 Å². The fourth-order valence-corrected chi connectivity index (χ4v) is 2.00. The van der Waals surface area contributed by atoms with Crippen LogP contribution in [-0.4, -0.2) is 11.0 Å². The summed E-state index contributed by atoms with van der Waals surface area (Å²) >= 11 is 1.53. The van der Waals surface area contributed by atoms with Gasteiger partial charge in [-0.2, -0.15) is 0 Å². The maximum absolute atomic E-state index is 11.5. The number of rotatable bonds is 4. The van der Waals surface area contributed by atoms with Crippen LogP contribution in [-0.2, 0) is 6.54 Å². The van der Waals surface area contributed by atoms with Gasteiger partial charge in [-0.15, -0.1) is 11.3 Å². The highest BCUT2D eigenvalue weighted by Gasteiger charge is 2.07. The molecule has 1 heterocycles. The highest BCUT2D eigenvalue weighted by Crippen LogP contribution is 2.17. The lowest BCUT2D eigenvalue weighted by Crippen LogP contribution is -2.25. The number of carbonyl (C=O) groups excluding carboxylic acids is 1. The molecular weight excluding hydrogens is 268 g/mol. The fourth-order valence-electron chi connectivity index (χ4n) is 1.35. The molecular formula is C12H10N2O4S. The summed E-state index contributed by atoms with van der Waals surface area (Å²) in [5.74, 6) is 0.259. The lowest BCUT2D eigenvalue weighted by atomic mass is 10.3. The van der Waals surface area contributed by atoms with Crippen molar-refractivity contribution in [1.82, 2.24) is 5.32 Å². The Kier molecular flexibility index (Phi) is 4.09. The van der Waals surface area contributed by atoms with E-state index in [4.69, 9.17) is 4.74 Å². The number of nitrogens with one attached hydrogen (secondary N) is 1. The second kappa shape index (κ2) is 5.96. The lowest BCUT2D eigenvalue weighted by molar-refractivity contribution is -0.384. The molecule has 19 heavy (non-hydrogen) atoms. The van der Waals surface area contributed by atoms with Gasteiger partial charge >= 0.3 is 6.09 Å². The Hall–Kier alpha value is -2.41. The summed E-state index contributed by atoms with van der Waals surface area (Å²) in [4.78, 5) is 22.4. The van der Waals surface area contributed by atoms with Crippen molar-refractivity contribution in [3.8, 4) is 5.75 Å². The number of nitrogens with zero attached hydrogens (tertiary/aromatic N) is 1. The molecule has 0 aliphatic carbocycles. The summed E-state index contributed by atoms with van der Waals surface area (Å²) in [5.41, 5.74) is -0.0497. The molecule has 0 bridgehead atoms. The SMILES string of the molecule is O=C(NCc1cccs1)Oc1ccc([N+](=O)[O-])cc1. The van der Waals surface area contributed by atoms with Crippen LogP contribution in [0.15, 0.2) is 41.8 Å². The van der Waals surface area contributed by atoms with Crippen LogP contribution in [0.4, 0.5) is 10.5 Å². The number of thiophene rings is 1. The maximum Gasteiger partial charge on any atom is 0.412 e. The van der Waals surface area contributed by atoms with Crippen LogP contribution in [0.2, 0.25) is 0 Å². The monoisotopic (exact) mass is 278 g/mol. The van der Waals surface area contributed by atoms with Gasteiger partial charge in [0.1, 0.15) is 5.75 Å². The largest absolute Gasteiger partial charge is 0.412 e. The van der Waals surface area contributed by atoms with Crippen LogP contribution in [0.3, 0.4) is 0 Å². The quantitative estimate of drug-likeness (QED) is 0.688. The standard InChI is InChI=1S/C12H10N2O4S/c15-12(13-8-11-2-1-7-19-11)18-10-5-3-9(4-6-10)14(16)17/h1-7H,8H2,(H,13,15). The molecule has 2 aromatic rings. The third-order valence-electron chi connectivity index (χ3n) is 2.25. The summed E-state index contributed by atoms with van der Waals surface area (Å²) in [5, 5.41) is 15.0. The van der Waals surface area contributed by atoms with E-state index in [9.17, 15) is 14.9 Å². The van der Waals surface area contributed by atoms with E-state index in [0.29, 0.717) is 6.54 Å². The Morgan fingerprint density at radius 3 is 2.63 bits per heavy atom. The first kappa shape index (κ1) is 13.0. The molecule has 1 N–H and O–H groups in total. The second-order valence-corrected chi connectivity index (χ2v) is 4.61. The zero-order valence-electron chi connectivity index (χ0n) is 9.74. The zero-order chi connectivity index (χ0) is 13.7. The molecule has 1 aromatic carbocycles. The molecule has 0 aliphatic rings. The van der Waals surface area contributed by atoms with Crippen molar-refractivity contribution in [3.63, 3.8) is 0 Å². The van der Waals surface area contributed by atoms with Crippen LogP contribution < -0.4 is 10.1 Å². The van der Waals surface area contributed by atoms with Crippen molar-refractivity contribution in [1.29, 1.82) is 0 Å². The van der Waals surface area contributed by atoms with Crippen LogP contribution >= 0.6 is 11.3 Å². The van der Waals surface area contributed by atoms with E-state index in [1.165, 1.54) is 35.6 Å². The average molecular weight is 278 g/mol. The van der Waals surface area contributed by atoms with Gasteiger partial charge in [-0.1, -0.05) is 6.07 Å². The molecule has 2 rings (SSSR count). The highest BCUT2D eigenvalue weighted by molar-refractivity contribution is 7.09. The van der Waals surface area contributed by atoms with Crippen molar-refractivity contribution in [2.24, 2.45) is 0 Å². The van der Waals surface area contributed by atoms with Gasteiger partial charge < -0.3 is 10.1 Å². The molecule has 0 aliphatic heterocycles. The molecule has 0 unspecified atom stereocenters. The van der Waals surface area contributed by atoms with Crippen molar-refractivity contribution >= 4 is 23.1 Å². The summed E-state index contributed by atoms with van der Waals surface area (Å²) < 4.78 is 4.98. The van der Waals surface area contributed by atoms with Gasteiger partial charge in [-0.3, -0.25) is 10.1 Å². The number of non-ortho nitro benzene ring substituents is 1. The molecule has 1 aromatic heterocycles. The molecule has 6 nitrogen and oxygen atoms in total. The first-order chi connectivity index (χ1) is 9.15. The lowest BCUT2D eigenvalue weighted by Gasteiger charge is -2.05. The minimum atomic E-state index is -0.595. The maximum atomic E-state index is 11.5. The molecule has 7 heteroatoms. The highest BCUT2D eigenvalue weighted by atomic mass is 32.1. The van der Waals surface area contributed by atoms with Crippen LogP contribution in [0.5, 0.6) is 5.75 Å². The van der Waals surface area contributed by atoms with Gasteiger partial charge in [-0.25, -0.2) is 4.79 Å². The molecule has 0 atom stereocenters. The molecule has 98 valence electrons. The van der Waals surface area contributed by atoms with Crippen LogP contribution in [0, 0.1) is 10.1 Å². The number of ether oxygens (including phenoxy) is 1. The van der Waals surface area contributed by atoms with Crippen molar-refractivity contribution in [2.45, 2.75) is 6.54 Å². The number of nitro benzene ring substituents is 1. The van der Waals surface area contributed by atoms with Gasteiger partial charge in [0.2, 0.25) is 0 Å². The molecule has 0 fully saturated rings. The van der Waals surface area contributed by atoms with E-state index in [1.807, 2.05) is 17.5 Å². The first-order valence-corrected chi connectivity index (χ1v) is 6.25. The van der Waals surface area contributed by atoms with Gasteiger partial charge in [0, 0.05) is 17.0 Å². The van der Waals surface area contributed by atoms with Crippen molar-refractivity contribution < 1.29 is 14.5 Å². The van der Waals surface area contributed by atoms with Gasteiger partial charge in [0.05, 0.1) is 11.5 Å². The third kappa shape index (κ3) is 3.78. The number of nitro groups is 1. The van der Waals surface area contributed by atoms with E-state index in [0.717, 1.165) is 4.88 Å². The van der Waals surface area contributed by atoms with Gasteiger partial charge in [-0.05, 0) is 23.6 Å². The molecule has 0 spiro atoms. The third-order valence-corrected chi connectivity index (χ3v) is 3.12. The molecule has 0 radical (unpaired) electrons. The number of amides is 1. The van der Waals surface area contributed by atoms with Gasteiger partial charge in [0.15, 0.2) is 0 Å². The summed E-state index contributed by atoms with van der Waals surface area (Å²) in [6.07, 6.45) is -0.595. The van der Waals surface area contributed by atoms with Crippen LogP contribution in [0.1, 0.15) is 4.88 Å². The van der Waals surface area contributed by atoms with E-state index < -0.39 is 11.0 Å². The number of hydrogen-bond acceptors (Lipinski definition) is 5.